The summed E-state index contributed by atoms with van der Waals surface area (Å²) in [7, 11) is -0.0111. The Morgan fingerprint density at radius 1 is 1.35 bits per heavy atom. The van der Waals surface area contributed by atoms with Crippen molar-refractivity contribution in [3.63, 3.8) is 0 Å². The number of carbonyl (C=O) groups is 2. The van der Waals surface area contributed by atoms with Crippen molar-refractivity contribution in [3.8, 4) is 0 Å². The number of carbonyl (C=O) groups excluding carboxylic acids is 2. The lowest BCUT2D eigenvalue weighted by Gasteiger charge is -2.40. The fraction of sp³-hybridized carbons (Fsp3) is 0.529. The summed E-state index contributed by atoms with van der Waals surface area (Å²) in [5.41, 5.74) is 1.32. The largest absolute Gasteiger partial charge is 0.468 e. The number of ether oxygens (including phenoxy) is 3. The highest BCUT2D eigenvalue weighted by atomic mass is 32.2. The Hall–Kier alpha value is -1.97. The molecule has 1 amide bonds. The van der Waals surface area contributed by atoms with Crippen LogP contribution >= 0.6 is 0 Å². The minimum Gasteiger partial charge on any atom is -0.468 e. The zero-order chi connectivity index (χ0) is 19.1. The molecular formula is C17H22N2O6S. The second-order valence-electron chi connectivity index (χ2n) is 7.11. The predicted molar refractivity (Wildman–Crippen MR) is 95.9 cm³/mol. The fourth-order valence-corrected chi connectivity index (χ4v) is 3.43. The van der Waals surface area contributed by atoms with E-state index in [-0.39, 0.29) is 12.0 Å². The van der Waals surface area contributed by atoms with Gasteiger partial charge in [0.05, 0.1) is 26.0 Å². The Labute approximate surface area is 154 Å². The number of rotatable bonds is 4. The molecule has 1 unspecified atom stereocenters. The van der Waals surface area contributed by atoms with Crippen molar-refractivity contribution >= 4 is 34.2 Å². The lowest BCUT2D eigenvalue weighted by molar-refractivity contribution is -0.286. The van der Waals surface area contributed by atoms with Gasteiger partial charge >= 0.3 is 5.97 Å². The van der Waals surface area contributed by atoms with Crippen LogP contribution in [0.5, 0.6) is 0 Å². The lowest BCUT2D eigenvalue weighted by atomic mass is 9.93. The van der Waals surface area contributed by atoms with Gasteiger partial charge < -0.3 is 18.9 Å². The maximum Gasteiger partial charge on any atom is 0.325 e. The Kier molecular flexibility index (Phi) is 4.80. The number of esters is 1. The van der Waals surface area contributed by atoms with Gasteiger partial charge in [0.15, 0.2) is 0 Å². The van der Waals surface area contributed by atoms with Gasteiger partial charge in [-0.25, -0.2) is 4.21 Å². The zero-order valence-electron chi connectivity index (χ0n) is 15.2. The number of hydrogen-bond acceptors (Lipinski definition) is 6. The molecule has 2 aliphatic rings. The molecule has 1 spiro atoms. The topological polar surface area (TPSA) is 94.2 Å². The molecule has 1 fully saturated rings. The lowest BCUT2D eigenvalue weighted by Crippen LogP contribution is -2.52. The molecule has 0 bridgehead atoms. The number of nitrogens with one attached hydrogen (secondary N) is 1. The van der Waals surface area contributed by atoms with Crippen LogP contribution in [0.25, 0.3) is 0 Å². The SMILES string of the molecule is COC(=O)CN1C(=O)C2(OCC(C)(C)CO2)c2cc(NS(C)=O)ccc21. The predicted octanol–water partition coefficient (Wildman–Crippen LogP) is 1.14. The summed E-state index contributed by atoms with van der Waals surface area (Å²) in [4.78, 5) is 26.2. The summed E-state index contributed by atoms with van der Waals surface area (Å²) in [6.45, 7) is 4.35. The molecule has 3 rings (SSSR count). The third-order valence-electron chi connectivity index (χ3n) is 4.28. The fourth-order valence-electron chi connectivity index (χ4n) is 2.97. The van der Waals surface area contributed by atoms with Crippen LogP contribution in [0, 0.1) is 5.41 Å². The maximum atomic E-state index is 13.1. The van der Waals surface area contributed by atoms with Crippen LogP contribution in [0.1, 0.15) is 19.4 Å². The quantitative estimate of drug-likeness (QED) is 0.785. The van der Waals surface area contributed by atoms with Gasteiger partial charge in [-0.05, 0) is 18.2 Å². The van der Waals surface area contributed by atoms with Crippen molar-refractivity contribution in [1.29, 1.82) is 0 Å². The Bertz CT molecular complexity index is 769. The van der Waals surface area contributed by atoms with E-state index in [0.717, 1.165) is 0 Å². The van der Waals surface area contributed by atoms with Crippen LogP contribution in [0.2, 0.25) is 0 Å². The number of anilines is 2. The summed E-state index contributed by atoms with van der Waals surface area (Å²) >= 11 is 0. The standard InChI is InChI=1S/C17H22N2O6S/c1-16(2)9-24-17(25-10-16)12-7-11(18-26(4)22)5-6-13(12)19(15(17)21)8-14(20)23-3/h5-7,18H,8-10H2,1-4H3. The van der Waals surface area contributed by atoms with E-state index in [1.807, 2.05) is 13.8 Å². The van der Waals surface area contributed by atoms with Gasteiger partial charge in [-0.2, -0.15) is 0 Å². The van der Waals surface area contributed by atoms with E-state index in [0.29, 0.717) is 30.2 Å². The number of benzene rings is 1. The van der Waals surface area contributed by atoms with Crippen molar-refractivity contribution in [2.24, 2.45) is 5.41 Å². The van der Waals surface area contributed by atoms with E-state index in [4.69, 9.17) is 14.2 Å². The van der Waals surface area contributed by atoms with Crippen molar-refractivity contribution in [1.82, 2.24) is 0 Å². The number of methoxy groups -OCH3 is 1. The first-order valence-corrected chi connectivity index (χ1v) is 9.66. The molecule has 9 heteroatoms. The molecule has 1 aromatic carbocycles. The van der Waals surface area contributed by atoms with Crippen LogP contribution in [-0.2, 0) is 40.6 Å². The molecule has 0 aliphatic carbocycles. The van der Waals surface area contributed by atoms with Gasteiger partial charge in [-0.15, -0.1) is 0 Å². The number of fused-ring (bicyclic) bond motifs is 2. The van der Waals surface area contributed by atoms with E-state index >= 15 is 0 Å². The van der Waals surface area contributed by atoms with Crippen LogP contribution < -0.4 is 9.62 Å². The van der Waals surface area contributed by atoms with E-state index in [9.17, 15) is 13.8 Å². The maximum absolute atomic E-state index is 13.1. The molecule has 26 heavy (non-hydrogen) atoms. The molecule has 8 nitrogen and oxygen atoms in total. The Balaban J connectivity index is 2.05. The van der Waals surface area contributed by atoms with Crippen molar-refractivity contribution < 1.29 is 28.0 Å². The monoisotopic (exact) mass is 382 g/mol. The highest BCUT2D eigenvalue weighted by Gasteiger charge is 2.57. The van der Waals surface area contributed by atoms with Crippen LogP contribution in [0.4, 0.5) is 11.4 Å². The summed E-state index contributed by atoms with van der Waals surface area (Å²) < 4.78 is 30.8. The Morgan fingerprint density at radius 3 is 2.58 bits per heavy atom. The zero-order valence-corrected chi connectivity index (χ0v) is 16.0. The smallest absolute Gasteiger partial charge is 0.325 e. The van der Waals surface area contributed by atoms with E-state index in [1.165, 1.54) is 18.3 Å². The number of amides is 1. The van der Waals surface area contributed by atoms with E-state index in [1.54, 1.807) is 18.2 Å². The molecule has 0 saturated carbocycles. The van der Waals surface area contributed by atoms with Gasteiger partial charge in [0.1, 0.15) is 17.5 Å². The van der Waals surface area contributed by atoms with Gasteiger partial charge in [-0.3, -0.25) is 14.5 Å². The first-order valence-electron chi connectivity index (χ1n) is 8.10. The molecule has 1 aromatic rings. The molecule has 0 aromatic heterocycles. The molecule has 1 atom stereocenters. The third kappa shape index (κ3) is 3.22. The summed E-state index contributed by atoms with van der Waals surface area (Å²) in [5.74, 6) is -2.62. The van der Waals surface area contributed by atoms with Crippen LogP contribution in [0.15, 0.2) is 18.2 Å². The van der Waals surface area contributed by atoms with Gasteiger partial charge in [0.25, 0.3) is 11.7 Å². The molecule has 0 radical (unpaired) electrons. The normalized spacial score (nSPS) is 21.4. The van der Waals surface area contributed by atoms with Crippen LogP contribution in [-0.4, -0.2) is 49.2 Å². The third-order valence-corrected chi connectivity index (χ3v) is 4.80. The highest BCUT2D eigenvalue weighted by Crippen LogP contribution is 2.48. The number of nitrogens with zero attached hydrogens (tertiary/aromatic N) is 1. The second-order valence-corrected chi connectivity index (χ2v) is 8.23. The minimum atomic E-state index is -1.61. The van der Waals surface area contributed by atoms with Crippen molar-refractivity contribution in [2.45, 2.75) is 19.6 Å². The molecule has 1 N–H and O–H groups in total. The minimum absolute atomic E-state index is 0.234. The average Bonchev–Trinajstić information content (AvgIpc) is 2.79. The van der Waals surface area contributed by atoms with Crippen molar-refractivity contribution in [3.05, 3.63) is 23.8 Å². The summed E-state index contributed by atoms with van der Waals surface area (Å²) in [5, 5.41) is 0. The highest BCUT2D eigenvalue weighted by molar-refractivity contribution is 7.85. The second kappa shape index (κ2) is 6.64. The molecular weight excluding hydrogens is 360 g/mol. The molecule has 1 saturated heterocycles. The summed E-state index contributed by atoms with van der Waals surface area (Å²) in [6, 6.07) is 5.03. The summed E-state index contributed by atoms with van der Waals surface area (Å²) in [6.07, 6.45) is 1.51. The average molecular weight is 382 g/mol. The number of hydrogen-bond donors (Lipinski definition) is 1. The van der Waals surface area contributed by atoms with E-state index in [2.05, 4.69) is 4.72 Å². The van der Waals surface area contributed by atoms with Gasteiger partial charge in [-0.1, -0.05) is 13.8 Å². The van der Waals surface area contributed by atoms with Gasteiger partial charge in [0.2, 0.25) is 0 Å². The van der Waals surface area contributed by atoms with Crippen molar-refractivity contribution in [2.75, 3.05) is 42.7 Å². The molecule has 142 valence electrons. The van der Waals surface area contributed by atoms with Crippen LogP contribution in [0.3, 0.4) is 0 Å². The first kappa shape index (κ1) is 18.8. The molecule has 2 heterocycles. The Morgan fingerprint density at radius 2 is 2.00 bits per heavy atom. The first-order chi connectivity index (χ1) is 12.2. The van der Waals surface area contributed by atoms with Gasteiger partial charge in [0, 0.05) is 22.9 Å². The van der Waals surface area contributed by atoms with E-state index < -0.39 is 28.6 Å². The molecule has 2 aliphatic heterocycles.